The van der Waals surface area contributed by atoms with E-state index in [9.17, 15) is 9.59 Å². The fourth-order valence-electron chi connectivity index (χ4n) is 2.00. The van der Waals surface area contributed by atoms with Gasteiger partial charge < -0.3 is 9.88 Å². The van der Waals surface area contributed by atoms with Gasteiger partial charge in [0.1, 0.15) is 0 Å². The Morgan fingerprint density at radius 2 is 1.84 bits per heavy atom. The van der Waals surface area contributed by atoms with Crippen LogP contribution in [0.3, 0.4) is 0 Å². The van der Waals surface area contributed by atoms with Gasteiger partial charge in [-0.25, -0.2) is 4.79 Å². The van der Waals surface area contributed by atoms with E-state index in [2.05, 4.69) is 12.2 Å². The van der Waals surface area contributed by atoms with Gasteiger partial charge in [-0.15, -0.1) is 0 Å². The maximum Gasteiger partial charge on any atom is 0.330 e. The molecule has 0 amide bonds. The molecular formula is C14H25N3O2. The quantitative estimate of drug-likeness (QED) is 0.684. The van der Waals surface area contributed by atoms with Crippen LogP contribution in [0.4, 0.5) is 0 Å². The van der Waals surface area contributed by atoms with Gasteiger partial charge in [-0.1, -0.05) is 13.8 Å². The second-order valence-electron chi connectivity index (χ2n) is 4.74. The van der Waals surface area contributed by atoms with E-state index in [1.54, 1.807) is 10.8 Å². The largest absolute Gasteiger partial charge is 0.330 e. The van der Waals surface area contributed by atoms with E-state index in [-0.39, 0.29) is 11.2 Å². The first kappa shape index (κ1) is 15.7. The summed E-state index contributed by atoms with van der Waals surface area (Å²) >= 11 is 0. The summed E-state index contributed by atoms with van der Waals surface area (Å²) in [7, 11) is 0. The van der Waals surface area contributed by atoms with Gasteiger partial charge >= 0.3 is 5.69 Å². The van der Waals surface area contributed by atoms with Gasteiger partial charge in [0.2, 0.25) is 0 Å². The number of nitrogens with one attached hydrogen (secondary N) is 1. The predicted molar refractivity (Wildman–Crippen MR) is 77.6 cm³/mol. The van der Waals surface area contributed by atoms with Gasteiger partial charge in [-0.3, -0.25) is 9.36 Å². The zero-order valence-corrected chi connectivity index (χ0v) is 12.0. The third-order valence-corrected chi connectivity index (χ3v) is 3.02. The Bertz CT molecular complexity index is 476. The maximum absolute atomic E-state index is 12.1. The molecular weight excluding hydrogens is 242 g/mol. The van der Waals surface area contributed by atoms with Crippen LogP contribution in [0.15, 0.2) is 21.9 Å². The molecule has 0 fully saturated rings. The topological polar surface area (TPSA) is 56.0 Å². The van der Waals surface area contributed by atoms with Crippen molar-refractivity contribution in [1.29, 1.82) is 0 Å². The molecule has 0 saturated heterocycles. The number of nitrogens with zero attached hydrogens (tertiary/aromatic N) is 2. The highest BCUT2D eigenvalue weighted by Gasteiger charge is 2.04. The Hall–Kier alpha value is -1.36. The van der Waals surface area contributed by atoms with E-state index >= 15 is 0 Å². The number of hydrogen-bond donors (Lipinski definition) is 1. The minimum atomic E-state index is -0.195. The molecule has 0 bridgehead atoms. The average Bonchev–Trinajstić information content (AvgIpc) is 2.40. The van der Waals surface area contributed by atoms with Crippen molar-refractivity contribution in [3.63, 3.8) is 0 Å². The molecule has 0 aromatic carbocycles. The molecule has 1 aromatic rings. The summed E-state index contributed by atoms with van der Waals surface area (Å²) in [6, 6.07) is 1.48. The summed E-state index contributed by atoms with van der Waals surface area (Å²) < 4.78 is 2.95. The molecule has 0 aliphatic rings. The molecule has 0 saturated carbocycles. The van der Waals surface area contributed by atoms with Crippen LogP contribution in [0, 0.1) is 0 Å². The first-order valence-electron chi connectivity index (χ1n) is 7.21. The molecule has 0 aliphatic carbocycles. The highest BCUT2D eigenvalue weighted by Crippen LogP contribution is 1.90. The van der Waals surface area contributed by atoms with Gasteiger partial charge in [0.25, 0.3) is 5.56 Å². The first-order valence-corrected chi connectivity index (χ1v) is 7.21. The van der Waals surface area contributed by atoms with Crippen molar-refractivity contribution in [1.82, 2.24) is 14.5 Å². The van der Waals surface area contributed by atoms with Crippen molar-refractivity contribution in [3.8, 4) is 0 Å². The highest BCUT2D eigenvalue weighted by molar-refractivity contribution is 4.86. The smallest absolute Gasteiger partial charge is 0.317 e. The van der Waals surface area contributed by atoms with E-state index in [0.29, 0.717) is 13.1 Å². The second kappa shape index (κ2) is 8.69. The Balaban J connectivity index is 2.55. The van der Waals surface area contributed by atoms with Crippen LogP contribution in [0.2, 0.25) is 0 Å². The van der Waals surface area contributed by atoms with Crippen molar-refractivity contribution in [3.05, 3.63) is 33.1 Å². The summed E-state index contributed by atoms with van der Waals surface area (Å²) in [5.41, 5.74) is -0.380. The SMILES string of the molecule is CCCNCCCCn1c(=O)ccn(CCC)c1=O. The molecule has 0 atom stereocenters. The lowest BCUT2D eigenvalue weighted by atomic mass is 10.3. The lowest BCUT2D eigenvalue weighted by Gasteiger charge is -2.09. The van der Waals surface area contributed by atoms with Crippen LogP contribution in [-0.2, 0) is 13.1 Å². The summed E-state index contributed by atoms with van der Waals surface area (Å²) in [5, 5.41) is 3.31. The molecule has 0 unspecified atom stereocenters. The molecule has 5 heteroatoms. The Morgan fingerprint density at radius 1 is 1.05 bits per heavy atom. The number of hydrogen-bond acceptors (Lipinski definition) is 3. The van der Waals surface area contributed by atoms with Crippen molar-refractivity contribution in [2.75, 3.05) is 13.1 Å². The summed E-state index contributed by atoms with van der Waals surface area (Å²) in [6.45, 7) is 7.29. The van der Waals surface area contributed by atoms with Crippen LogP contribution < -0.4 is 16.6 Å². The fraction of sp³-hybridized carbons (Fsp3) is 0.714. The lowest BCUT2D eigenvalue weighted by Crippen LogP contribution is -2.39. The van der Waals surface area contributed by atoms with Gasteiger partial charge in [-0.2, -0.15) is 0 Å². The van der Waals surface area contributed by atoms with Gasteiger partial charge in [0.05, 0.1) is 0 Å². The normalized spacial score (nSPS) is 10.8. The van der Waals surface area contributed by atoms with Gasteiger partial charge in [0, 0.05) is 25.4 Å². The van der Waals surface area contributed by atoms with E-state index in [4.69, 9.17) is 0 Å². The van der Waals surface area contributed by atoms with Crippen molar-refractivity contribution in [2.45, 2.75) is 52.6 Å². The average molecular weight is 267 g/mol. The lowest BCUT2D eigenvalue weighted by molar-refractivity contribution is 0.509. The summed E-state index contributed by atoms with van der Waals surface area (Å²) in [5.74, 6) is 0. The van der Waals surface area contributed by atoms with E-state index in [1.807, 2.05) is 6.92 Å². The van der Waals surface area contributed by atoms with E-state index in [0.717, 1.165) is 38.8 Å². The molecule has 1 aromatic heterocycles. The number of aryl methyl sites for hydroxylation is 1. The fourth-order valence-corrected chi connectivity index (χ4v) is 2.00. The Kier molecular flexibility index (Phi) is 7.18. The molecule has 19 heavy (non-hydrogen) atoms. The molecule has 1 N–H and O–H groups in total. The monoisotopic (exact) mass is 267 g/mol. The highest BCUT2D eigenvalue weighted by atomic mass is 16.2. The molecule has 0 aliphatic heterocycles. The van der Waals surface area contributed by atoms with Crippen LogP contribution in [0.1, 0.15) is 39.5 Å². The molecule has 1 heterocycles. The van der Waals surface area contributed by atoms with Crippen LogP contribution in [-0.4, -0.2) is 22.2 Å². The van der Waals surface area contributed by atoms with Crippen molar-refractivity contribution in [2.24, 2.45) is 0 Å². The van der Waals surface area contributed by atoms with Gasteiger partial charge in [-0.05, 0) is 38.8 Å². The zero-order chi connectivity index (χ0) is 14.1. The van der Waals surface area contributed by atoms with Crippen LogP contribution >= 0.6 is 0 Å². The minimum absolute atomic E-state index is 0.184. The van der Waals surface area contributed by atoms with Crippen LogP contribution in [0.25, 0.3) is 0 Å². The van der Waals surface area contributed by atoms with Crippen molar-refractivity contribution < 1.29 is 0 Å². The molecule has 0 radical (unpaired) electrons. The second-order valence-corrected chi connectivity index (χ2v) is 4.74. The standard InChI is InChI=1S/C14H25N3O2/c1-3-8-15-9-5-6-11-17-13(18)7-12-16(10-4-2)14(17)19/h7,12,15H,3-6,8-11H2,1-2H3. The van der Waals surface area contributed by atoms with Crippen molar-refractivity contribution >= 4 is 0 Å². The third-order valence-electron chi connectivity index (χ3n) is 3.02. The first-order chi connectivity index (χ1) is 9.20. The Labute approximate surface area is 114 Å². The number of rotatable bonds is 9. The third kappa shape index (κ3) is 5.03. The van der Waals surface area contributed by atoms with Crippen LogP contribution in [0.5, 0.6) is 0 Å². The predicted octanol–water partition coefficient (Wildman–Crippen LogP) is 1.20. The zero-order valence-electron chi connectivity index (χ0n) is 12.0. The molecule has 5 nitrogen and oxygen atoms in total. The molecule has 1 rings (SSSR count). The summed E-state index contributed by atoms with van der Waals surface area (Å²) in [4.78, 5) is 23.8. The van der Waals surface area contributed by atoms with Gasteiger partial charge in [0.15, 0.2) is 0 Å². The molecule has 0 spiro atoms. The Morgan fingerprint density at radius 3 is 2.53 bits per heavy atom. The molecule has 108 valence electrons. The van der Waals surface area contributed by atoms with E-state index < -0.39 is 0 Å². The maximum atomic E-state index is 12.1. The minimum Gasteiger partial charge on any atom is -0.317 e. The number of unbranched alkanes of at least 4 members (excludes halogenated alkanes) is 1. The number of aromatic nitrogens is 2. The van der Waals surface area contributed by atoms with E-state index in [1.165, 1.54) is 10.6 Å². The summed E-state index contributed by atoms with van der Waals surface area (Å²) in [6.07, 6.45) is 5.43.